The minimum absolute atomic E-state index is 0.146. The van der Waals surface area contributed by atoms with Gasteiger partial charge in [0.25, 0.3) is 0 Å². The van der Waals surface area contributed by atoms with Gasteiger partial charge in [-0.2, -0.15) is 0 Å². The number of esters is 1. The van der Waals surface area contributed by atoms with Crippen LogP contribution in [0.3, 0.4) is 0 Å². The van der Waals surface area contributed by atoms with E-state index >= 15 is 0 Å². The molecule has 6 heteroatoms. The molecule has 0 saturated heterocycles. The zero-order chi connectivity index (χ0) is 19.6. The van der Waals surface area contributed by atoms with Gasteiger partial charge in [-0.1, -0.05) is 30.3 Å². The van der Waals surface area contributed by atoms with Crippen molar-refractivity contribution in [1.29, 1.82) is 0 Å². The maximum absolute atomic E-state index is 10.9. The van der Waals surface area contributed by atoms with Gasteiger partial charge in [0.15, 0.2) is 0 Å². The number of benzene rings is 3. The van der Waals surface area contributed by atoms with Crippen molar-refractivity contribution in [2.75, 3.05) is 12.8 Å². The first-order valence-electron chi connectivity index (χ1n) is 8.00. The number of carboxylic acid groups (broad SMARTS) is 1. The number of para-hydroxylation sites is 3. The number of hydrogen-bond acceptors (Lipinski definition) is 5. The quantitative estimate of drug-likeness (QED) is 0.530. The monoisotopic (exact) mass is 365 g/mol. The van der Waals surface area contributed by atoms with Gasteiger partial charge < -0.3 is 20.3 Å². The highest BCUT2D eigenvalue weighted by Gasteiger charge is 2.06. The van der Waals surface area contributed by atoms with Crippen LogP contribution in [0, 0.1) is 0 Å². The minimum Gasteiger partial charge on any atom is -0.478 e. The summed E-state index contributed by atoms with van der Waals surface area (Å²) in [5.41, 5.74) is 6.88. The molecule has 0 unspecified atom stereocenters. The average Bonchev–Trinajstić information content (AvgIpc) is 2.70. The SMILES string of the molecule is COC(=O)c1ccc(C(=O)O)cc1.Nc1ccccc1Oc1ccccc1. The van der Waals surface area contributed by atoms with Crippen LogP contribution in [-0.2, 0) is 4.74 Å². The van der Waals surface area contributed by atoms with Gasteiger partial charge in [-0.15, -0.1) is 0 Å². The molecule has 0 amide bonds. The molecule has 0 bridgehead atoms. The molecular weight excluding hydrogens is 346 g/mol. The van der Waals surface area contributed by atoms with Crippen molar-refractivity contribution in [3.8, 4) is 11.5 Å². The standard InChI is InChI=1S/C12H11NO.C9H8O4/c13-11-8-4-5-9-12(11)14-10-6-2-1-3-7-10;1-13-9(12)7-4-2-6(3-5-7)8(10)11/h1-9H,13H2;2-5H,1H3,(H,10,11). The fraction of sp³-hybridized carbons (Fsp3) is 0.0476. The molecule has 0 aliphatic heterocycles. The topological polar surface area (TPSA) is 98.9 Å². The van der Waals surface area contributed by atoms with Crippen LogP contribution in [0.25, 0.3) is 0 Å². The largest absolute Gasteiger partial charge is 0.478 e. The highest BCUT2D eigenvalue weighted by atomic mass is 16.5. The second kappa shape index (κ2) is 9.62. The van der Waals surface area contributed by atoms with Crippen LogP contribution in [0.15, 0.2) is 78.9 Å². The normalized spacial score (nSPS) is 9.52. The first-order chi connectivity index (χ1) is 13.0. The minimum atomic E-state index is -1.02. The fourth-order valence-electron chi connectivity index (χ4n) is 2.06. The number of methoxy groups -OCH3 is 1. The second-order valence-electron chi connectivity index (χ2n) is 5.33. The fourth-order valence-corrected chi connectivity index (χ4v) is 2.06. The van der Waals surface area contributed by atoms with Gasteiger partial charge >= 0.3 is 11.9 Å². The molecule has 0 aliphatic carbocycles. The number of aromatic carboxylic acids is 1. The Bertz CT molecular complexity index is 892. The summed E-state index contributed by atoms with van der Waals surface area (Å²) in [5, 5.41) is 8.56. The van der Waals surface area contributed by atoms with Crippen molar-refractivity contribution in [2.45, 2.75) is 0 Å². The Morgan fingerprint density at radius 1 is 0.815 bits per heavy atom. The van der Waals surface area contributed by atoms with Gasteiger partial charge in [0.1, 0.15) is 11.5 Å². The van der Waals surface area contributed by atoms with Gasteiger partial charge in [-0.25, -0.2) is 9.59 Å². The number of hydrogen-bond donors (Lipinski definition) is 2. The molecule has 0 radical (unpaired) electrons. The third-order valence-electron chi connectivity index (χ3n) is 3.44. The first kappa shape index (κ1) is 19.5. The van der Waals surface area contributed by atoms with Crippen molar-refractivity contribution < 1.29 is 24.2 Å². The predicted molar refractivity (Wildman–Crippen MR) is 102 cm³/mol. The lowest BCUT2D eigenvalue weighted by molar-refractivity contribution is 0.0598. The van der Waals surface area contributed by atoms with Crippen molar-refractivity contribution in [1.82, 2.24) is 0 Å². The Kier molecular flexibility index (Phi) is 6.96. The first-order valence-corrected chi connectivity index (χ1v) is 8.00. The van der Waals surface area contributed by atoms with Crippen LogP contribution < -0.4 is 10.5 Å². The van der Waals surface area contributed by atoms with E-state index in [1.807, 2.05) is 54.6 Å². The molecule has 0 fully saturated rings. The smallest absolute Gasteiger partial charge is 0.337 e. The molecule has 0 aromatic heterocycles. The molecule has 0 spiro atoms. The van der Waals surface area contributed by atoms with Gasteiger partial charge in [0.2, 0.25) is 0 Å². The number of carbonyl (C=O) groups excluding carboxylic acids is 1. The summed E-state index contributed by atoms with van der Waals surface area (Å²) in [5.74, 6) is -0.00236. The molecule has 3 rings (SSSR count). The van der Waals surface area contributed by atoms with E-state index in [2.05, 4.69) is 4.74 Å². The zero-order valence-corrected chi connectivity index (χ0v) is 14.7. The summed E-state index contributed by atoms with van der Waals surface area (Å²) in [7, 11) is 1.27. The summed E-state index contributed by atoms with van der Waals surface area (Å²) in [6, 6.07) is 22.6. The molecule has 6 nitrogen and oxygen atoms in total. The highest BCUT2D eigenvalue weighted by molar-refractivity contribution is 5.92. The Morgan fingerprint density at radius 2 is 1.37 bits per heavy atom. The lowest BCUT2D eigenvalue weighted by Crippen LogP contribution is -2.02. The van der Waals surface area contributed by atoms with E-state index in [-0.39, 0.29) is 5.56 Å². The molecule has 0 heterocycles. The number of carbonyl (C=O) groups is 2. The van der Waals surface area contributed by atoms with Gasteiger partial charge in [0, 0.05) is 0 Å². The van der Waals surface area contributed by atoms with Crippen LogP contribution >= 0.6 is 0 Å². The van der Waals surface area contributed by atoms with Crippen molar-refractivity contribution in [2.24, 2.45) is 0 Å². The molecule has 3 aromatic rings. The molecule has 0 atom stereocenters. The van der Waals surface area contributed by atoms with Crippen LogP contribution in [0.2, 0.25) is 0 Å². The Morgan fingerprint density at radius 3 is 1.93 bits per heavy atom. The lowest BCUT2D eigenvalue weighted by Gasteiger charge is -2.07. The summed E-state index contributed by atoms with van der Waals surface area (Å²) >= 11 is 0. The predicted octanol–water partition coefficient (Wildman–Crippen LogP) is 4.23. The van der Waals surface area contributed by atoms with E-state index in [1.54, 1.807) is 0 Å². The van der Waals surface area contributed by atoms with Gasteiger partial charge in [0.05, 0.1) is 23.9 Å². The molecule has 27 heavy (non-hydrogen) atoms. The average molecular weight is 365 g/mol. The number of nitrogen functional groups attached to an aromatic ring is 1. The van der Waals surface area contributed by atoms with Crippen molar-refractivity contribution in [3.05, 3.63) is 90.0 Å². The summed E-state index contributed by atoms with van der Waals surface area (Å²) in [4.78, 5) is 21.4. The highest BCUT2D eigenvalue weighted by Crippen LogP contribution is 2.26. The van der Waals surface area contributed by atoms with E-state index < -0.39 is 11.9 Å². The van der Waals surface area contributed by atoms with Gasteiger partial charge in [-0.05, 0) is 48.5 Å². The van der Waals surface area contributed by atoms with Crippen LogP contribution in [0.5, 0.6) is 11.5 Å². The number of nitrogens with two attached hydrogens (primary N) is 1. The third kappa shape index (κ3) is 5.89. The maximum atomic E-state index is 10.9. The summed E-state index contributed by atoms with van der Waals surface area (Å²) in [6.07, 6.45) is 0. The lowest BCUT2D eigenvalue weighted by atomic mass is 10.1. The van der Waals surface area contributed by atoms with E-state index in [9.17, 15) is 9.59 Å². The van der Waals surface area contributed by atoms with Crippen LogP contribution in [-0.4, -0.2) is 24.2 Å². The summed E-state index contributed by atoms with van der Waals surface area (Å²) < 4.78 is 10.0. The van der Waals surface area contributed by atoms with E-state index in [4.69, 9.17) is 15.6 Å². The Balaban J connectivity index is 0.000000194. The molecule has 3 N–H and O–H groups in total. The third-order valence-corrected chi connectivity index (χ3v) is 3.44. The number of anilines is 1. The summed E-state index contributed by atoms with van der Waals surface area (Å²) in [6.45, 7) is 0. The maximum Gasteiger partial charge on any atom is 0.337 e. The zero-order valence-electron chi connectivity index (χ0n) is 14.7. The Labute approximate surface area is 156 Å². The van der Waals surface area contributed by atoms with Crippen LogP contribution in [0.1, 0.15) is 20.7 Å². The number of rotatable bonds is 4. The van der Waals surface area contributed by atoms with E-state index in [1.165, 1.54) is 31.4 Å². The van der Waals surface area contributed by atoms with Crippen molar-refractivity contribution in [3.63, 3.8) is 0 Å². The van der Waals surface area contributed by atoms with E-state index in [0.29, 0.717) is 17.0 Å². The van der Waals surface area contributed by atoms with Crippen molar-refractivity contribution >= 4 is 17.6 Å². The molecule has 3 aromatic carbocycles. The molecular formula is C21H19NO5. The van der Waals surface area contributed by atoms with Crippen LogP contribution in [0.4, 0.5) is 5.69 Å². The molecule has 0 saturated carbocycles. The number of ether oxygens (including phenoxy) is 2. The molecule has 0 aliphatic rings. The number of carboxylic acids is 1. The molecule has 138 valence electrons. The van der Waals surface area contributed by atoms with E-state index in [0.717, 1.165) is 5.75 Å². The second-order valence-corrected chi connectivity index (χ2v) is 5.33. The Hall–Kier alpha value is -3.80. The van der Waals surface area contributed by atoms with Gasteiger partial charge in [-0.3, -0.25) is 0 Å².